The SMILES string of the molecule is Cc1cccc2cc(-c3nccn3C3CCC(=O)N(C)C3)c(=O)[nH]c12. The van der Waals surface area contributed by atoms with Gasteiger partial charge in [0.25, 0.3) is 5.56 Å². The number of likely N-dealkylation sites (N-methyl/N-ethyl adjacent to an activating group) is 1. The monoisotopic (exact) mass is 336 g/mol. The van der Waals surface area contributed by atoms with E-state index in [9.17, 15) is 9.59 Å². The molecule has 3 heterocycles. The van der Waals surface area contributed by atoms with Crippen molar-refractivity contribution in [1.29, 1.82) is 0 Å². The molecule has 0 bridgehead atoms. The van der Waals surface area contributed by atoms with Crippen LogP contribution in [0.25, 0.3) is 22.3 Å². The maximum atomic E-state index is 12.7. The van der Waals surface area contributed by atoms with Crippen molar-refractivity contribution in [3.05, 3.63) is 52.6 Å². The van der Waals surface area contributed by atoms with Gasteiger partial charge in [0.15, 0.2) is 0 Å². The first-order valence-corrected chi connectivity index (χ1v) is 8.44. The van der Waals surface area contributed by atoms with Crippen molar-refractivity contribution in [3.8, 4) is 11.4 Å². The van der Waals surface area contributed by atoms with Crippen molar-refractivity contribution in [3.63, 3.8) is 0 Å². The van der Waals surface area contributed by atoms with Crippen LogP contribution in [0.5, 0.6) is 0 Å². The number of piperidine rings is 1. The Balaban J connectivity index is 1.80. The molecule has 6 nitrogen and oxygen atoms in total. The molecule has 128 valence electrons. The van der Waals surface area contributed by atoms with Crippen molar-refractivity contribution in [2.45, 2.75) is 25.8 Å². The van der Waals surface area contributed by atoms with Crippen LogP contribution in [-0.4, -0.2) is 38.9 Å². The number of pyridine rings is 1. The summed E-state index contributed by atoms with van der Waals surface area (Å²) in [5, 5.41) is 0.986. The van der Waals surface area contributed by atoms with Crippen LogP contribution in [0.3, 0.4) is 0 Å². The number of aryl methyl sites for hydroxylation is 1. The van der Waals surface area contributed by atoms with Gasteiger partial charge >= 0.3 is 0 Å². The lowest BCUT2D eigenvalue weighted by Crippen LogP contribution is -2.38. The summed E-state index contributed by atoms with van der Waals surface area (Å²) < 4.78 is 2.02. The fourth-order valence-corrected chi connectivity index (χ4v) is 3.58. The van der Waals surface area contributed by atoms with Gasteiger partial charge in [0.05, 0.1) is 17.1 Å². The Kier molecular flexibility index (Phi) is 3.67. The molecular weight excluding hydrogens is 316 g/mol. The van der Waals surface area contributed by atoms with Crippen molar-refractivity contribution in [1.82, 2.24) is 19.4 Å². The molecule has 1 N–H and O–H groups in total. The highest BCUT2D eigenvalue weighted by atomic mass is 16.2. The van der Waals surface area contributed by atoms with E-state index in [0.29, 0.717) is 24.4 Å². The zero-order valence-corrected chi connectivity index (χ0v) is 14.3. The van der Waals surface area contributed by atoms with Crippen LogP contribution >= 0.6 is 0 Å². The summed E-state index contributed by atoms with van der Waals surface area (Å²) in [6, 6.07) is 7.98. The summed E-state index contributed by atoms with van der Waals surface area (Å²) >= 11 is 0. The minimum absolute atomic E-state index is 0.132. The lowest BCUT2D eigenvalue weighted by Gasteiger charge is -2.31. The lowest BCUT2D eigenvalue weighted by molar-refractivity contribution is -0.132. The largest absolute Gasteiger partial charge is 0.344 e. The number of hydrogen-bond acceptors (Lipinski definition) is 3. The Morgan fingerprint density at radius 1 is 1.28 bits per heavy atom. The molecule has 0 spiro atoms. The normalized spacial score (nSPS) is 18.1. The van der Waals surface area contributed by atoms with Gasteiger partial charge in [-0.05, 0) is 30.4 Å². The van der Waals surface area contributed by atoms with Gasteiger partial charge in [0.1, 0.15) is 5.82 Å². The summed E-state index contributed by atoms with van der Waals surface area (Å²) in [6.07, 6.45) is 4.89. The maximum absolute atomic E-state index is 12.7. The molecule has 1 saturated heterocycles. The second-order valence-corrected chi connectivity index (χ2v) is 6.68. The Labute approximate surface area is 145 Å². The van der Waals surface area contributed by atoms with Gasteiger partial charge < -0.3 is 14.5 Å². The van der Waals surface area contributed by atoms with E-state index in [1.165, 1.54) is 0 Å². The smallest absolute Gasteiger partial charge is 0.259 e. The molecule has 1 atom stereocenters. The molecule has 1 amide bonds. The predicted octanol–water partition coefficient (Wildman–Crippen LogP) is 2.49. The number of fused-ring (bicyclic) bond motifs is 1. The molecule has 1 fully saturated rings. The average Bonchev–Trinajstić information content (AvgIpc) is 3.07. The molecule has 4 rings (SSSR count). The number of para-hydroxylation sites is 1. The number of imidazole rings is 1. The summed E-state index contributed by atoms with van der Waals surface area (Å²) in [4.78, 5) is 33.6. The molecule has 0 saturated carbocycles. The van der Waals surface area contributed by atoms with E-state index in [1.54, 1.807) is 11.1 Å². The average molecular weight is 336 g/mol. The standard InChI is InChI=1S/C19H20N4O2/c1-12-4-3-5-13-10-15(19(25)21-17(12)13)18-20-8-9-23(18)14-6-7-16(24)22(2)11-14/h3-5,8-10,14H,6-7,11H2,1-2H3,(H,21,25). The summed E-state index contributed by atoms with van der Waals surface area (Å²) in [7, 11) is 1.82. The zero-order valence-electron chi connectivity index (χ0n) is 14.3. The number of amides is 1. The fourth-order valence-electron chi connectivity index (χ4n) is 3.58. The molecule has 6 heteroatoms. The molecule has 2 aromatic heterocycles. The van der Waals surface area contributed by atoms with E-state index in [4.69, 9.17) is 0 Å². The first kappa shape index (κ1) is 15.6. The number of aromatic nitrogens is 3. The highest BCUT2D eigenvalue weighted by Gasteiger charge is 2.26. The predicted molar refractivity (Wildman–Crippen MR) is 96.4 cm³/mol. The third kappa shape index (κ3) is 2.63. The fraction of sp³-hybridized carbons (Fsp3) is 0.316. The molecule has 3 aromatic rings. The molecular formula is C19H20N4O2. The van der Waals surface area contributed by atoms with E-state index in [-0.39, 0.29) is 17.5 Å². The van der Waals surface area contributed by atoms with Crippen molar-refractivity contribution >= 4 is 16.8 Å². The minimum atomic E-state index is -0.144. The third-order valence-corrected chi connectivity index (χ3v) is 4.99. The molecule has 1 aliphatic rings. The van der Waals surface area contributed by atoms with Crippen molar-refractivity contribution in [2.24, 2.45) is 0 Å². The number of rotatable bonds is 2. The van der Waals surface area contributed by atoms with Gasteiger partial charge in [-0.1, -0.05) is 18.2 Å². The molecule has 1 unspecified atom stereocenters. The second kappa shape index (κ2) is 5.88. The molecule has 1 aromatic carbocycles. The van der Waals surface area contributed by atoms with Crippen LogP contribution in [0.2, 0.25) is 0 Å². The van der Waals surface area contributed by atoms with Crippen molar-refractivity contribution < 1.29 is 4.79 Å². The molecule has 1 aliphatic heterocycles. The van der Waals surface area contributed by atoms with Crippen molar-refractivity contribution in [2.75, 3.05) is 13.6 Å². The van der Waals surface area contributed by atoms with Gasteiger partial charge in [-0.3, -0.25) is 9.59 Å². The molecule has 0 radical (unpaired) electrons. The van der Waals surface area contributed by atoms with E-state index in [2.05, 4.69) is 9.97 Å². The number of likely N-dealkylation sites (tertiary alicyclic amines) is 1. The van der Waals surface area contributed by atoms with E-state index in [1.807, 2.05) is 49.0 Å². The Hall–Kier alpha value is -2.89. The number of nitrogens with one attached hydrogen (secondary N) is 1. The first-order valence-electron chi connectivity index (χ1n) is 8.44. The number of H-pyrrole nitrogens is 1. The number of benzene rings is 1. The van der Waals surface area contributed by atoms with Gasteiger partial charge in [-0.15, -0.1) is 0 Å². The quantitative estimate of drug-likeness (QED) is 0.781. The number of carbonyl (C=O) groups excluding carboxylic acids is 1. The third-order valence-electron chi connectivity index (χ3n) is 4.99. The van der Waals surface area contributed by atoms with Crippen LogP contribution in [0.1, 0.15) is 24.4 Å². The number of aromatic amines is 1. The van der Waals surface area contributed by atoms with Gasteiger partial charge in [-0.25, -0.2) is 4.98 Å². The maximum Gasteiger partial charge on any atom is 0.259 e. The summed E-state index contributed by atoms with van der Waals surface area (Å²) in [5.41, 5.74) is 2.31. The van der Waals surface area contributed by atoms with Crippen LogP contribution in [0.15, 0.2) is 41.5 Å². The highest BCUT2D eigenvalue weighted by molar-refractivity contribution is 5.85. The topological polar surface area (TPSA) is 71.0 Å². The molecule has 25 heavy (non-hydrogen) atoms. The van der Waals surface area contributed by atoms with Crippen LogP contribution in [0.4, 0.5) is 0 Å². The second-order valence-electron chi connectivity index (χ2n) is 6.68. The van der Waals surface area contributed by atoms with E-state index < -0.39 is 0 Å². The van der Waals surface area contributed by atoms with E-state index >= 15 is 0 Å². The Bertz CT molecular complexity index is 1020. The lowest BCUT2D eigenvalue weighted by atomic mass is 10.0. The van der Waals surface area contributed by atoms with Crippen LogP contribution in [-0.2, 0) is 4.79 Å². The van der Waals surface area contributed by atoms with Gasteiger partial charge in [0.2, 0.25) is 5.91 Å². The van der Waals surface area contributed by atoms with Gasteiger partial charge in [0, 0.05) is 32.4 Å². The molecule has 0 aliphatic carbocycles. The first-order chi connectivity index (χ1) is 12.0. The minimum Gasteiger partial charge on any atom is -0.344 e. The zero-order chi connectivity index (χ0) is 17.6. The van der Waals surface area contributed by atoms with Gasteiger partial charge in [-0.2, -0.15) is 0 Å². The van der Waals surface area contributed by atoms with E-state index in [0.717, 1.165) is 22.9 Å². The Morgan fingerprint density at radius 2 is 2.12 bits per heavy atom. The Morgan fingerprint density at radius 3 is 2.92 bits per heavy atom. The van der Waals surface area contributed by atoms with Crippen LogP contribution in [0, 0.1) is 6.92 Å². The van der Waals surface area contributed by atoms with Crippen LogP contribution < -0.4 is 5.56 Å². The number of nitrogens with zero attached hydrogens (tertiary/aromatic N) is 3. The summed E-state index contributed by atoms with van der Waals surface area (Å²) in [6.45, 7) is 2.61. The highest BCUT2D eigenvalue weighted by Crippen LogP contribution is 2.27. The number of carbonyl (C=O) groups is 1. The summed E-state index contributed by atoms with van der Waals surface area (Å²) in [5.74, 6) is 0.814. The number of hydrogen-bond donors (Lipinski definition) is 1.